The molecule has 0 spiro atoms. The Labute approximate surface area is 142 Å². The summed E-state index contributed by atoms with van der Waals surface area (Å²) in [5, 5.41) is 2.92. The van der Waals surface area contributed by atoms with Gasteiger partial charge in [-0.25, -0.2) is 0 Å². The molecular formula is C20H23NO3. The van der Waals surface area contributed by atoms with Gasteiger partial charge in [0, 0.05) is 13.0 Å². The zero-order valence-corrected chi connectivity index (χ0v) is 13.7. The molecule has 0 unspecified atom stereocenters. The molecule has 1 fully saturated rings. The van der Waals surface area contributed by atoms with E-state index in [9.17, 15) is 4.79 Å². The Hall–Kier alpha value is -2.17. The minimum absolute atomic E-state index is 0.0205. The van der Waals surface area contributed by atoms with E-state index in [4.69, 9.17) is 9.47 Å². The van der Waals surface area contributed by atoms with Crippen LogP contribution in [0.15, 0.2) is 54.6 Å². The second-order valence-corrected chi connectivity index (χ2v) is 5.93. The van der Waals surface area contributed by atoms with Crippen LogP contribution < -0.4 is 5.32 Å². The van der Waals surface area contributed by atoms with E-state index in [-0.39, 0.29) is 12.0 Å². The number of rotatable bonds is 6. The van der Waals surface area contributed by atoms with Crippen LogP contribution in [0, 0.1) is 0 Å². The number of aryl methyl sites for hydroxylation is 1. The van der Waals surface area contributed by atoms with Crippen LogP contribution in [0.4, 0.5) is 0 Å². The fourth-order valence-electron chi connectivity index (χ4n) is 2.72. The van der Waals surface area contributed by atoms with Gasteiger partial charge in [-0.3, -0.25) is 4.79 Å². The van der Waals surface area contributed by atoms with Crippen LogP contribution in [0.25, 0.3) is 11.1 Å². The Bertz CT molecular complexity index is 634. The fraction of sp³-hybridized carbons (Fsp3) is 0.350. The number of carbonyl (C=O) groups is 1. The first-order chi connectivity index (χ1) is 11.8. The molecule has 4 heteroatoms. The quantitative estimate of drug-likeness (QED) is 0.888. The van der Waals surface area contributed by atoms with Crippen LogP contribution in [-0.2, 0) is 20.7 Å². The molecule has 1 heterocycles. The van der Waals surface area contributed by atoms with Crippen molar-refractivity contribution in [2.45, 2.75) is 18.9 Å². The number of benzene rings is 2. The van der Waals surface area contributed by atoms with Crippen LogP contribution in [0.5, 0.6) is 0 Å². The first kappa shape index (κ1) is 16.7. The van der Waals surface area contributed by atoms with E-state index >= 15 is 0 Å². The molecule has 24 heavy (non-hydrogen) atoms. The summed E-state index contributed by atoms with van der Waals surface area (Å²) in [4.78, 5) is 11.9. The van der Waals surface area contributed by atoms with Crippen molar-refractivity contribution in [1.29, 1.82) is 0 Å². The van der Waals surface area contributed by atoms with Crippen molar-refractivity contribution < 1.29 is 14.3 Å². The lowest BCUT2D eigenvalue weighted by atomic mass is 10.0. The number of hydrogen-bond acceptors (Lipinski definition) is 3. The monoisotopic (exact) mass is 325 g/mol. The minimum Gasteiger partial charge on any atom is -0.376 e. The van der Waals surface area contributed by atoms with Crippen molar-refractivity contribution in [3.05, 3.63) is 60.2 Å². The molecular weight excluding hydrogens is 302 g/mol. The Kier molecular flexibility index (Phi) is 5.99. The molecule has 4 nitrogen and oxygen atoms in total. The zero-order valence-electron chi connectivity index (χ0n) is 13.7. The molecule has 0 radical (unpaired) electrons. The van der Waals surface area contributed by atoms with Crippen LogP contribution in [-0.4, -0.2) is 38.4 Å². The average Bonchev–Trinajstić information content (AvgIpc) is 2.67. The van der Waals surface area contributed by atoms with Crippen molar-refractivity contribution in [3.63, 3.8) is 0 Å². The first-order valence-corrected chi connectivity index (χ1v) is 8.42. The number of amides is 1. The molecule has 0 saturated carbocycles. The maximum Gasteiger partial charge on any atom is 0.220 e. The van der Waals surface area contributed by atoms with Crippen molar-refractivity contribution in [2.24, 2.45) is 0 Å². The van der Waals surface area contributed by atoms with Crippen LogP contribution in [0.1, 0.15) is 12.0 Å². The summed E-state index contributed by atoms with van der Waals surface area (Å²) in [6.45, 7) is 2.32. The van der Waals surface area contributed by atoms with Gasteiger partial charge in [0.15, 0.2) is 0 Å². The topological polar surface area (TPSA) is 47.6 Å². The van der Waals surface area contributed by atoms with Gasteiger partial charge in [0.2, 0.25) is 5.91 Å². The van der Waals surface area contributed by atoms with Gasteiger partial charge in [-0.2, -0.15) is 0 Å². The van der Waals surface area contributed by atoms with E-state index in [0.29, 0.717) is 32.8 Å². The Morgan fingerprint density at radius 2 is 1.75 bits per heavy atom. The summed E-state index contributed by atoms with van der Waals surface area (Å²) in [6.07, 6.45) is 1.20. The van der Waals surface area contributed by atoms with E-state index in [1.807, 2.05) is 18.2 Å². The highest BCUT2D eigenvalue weighted by atomic mass is 16.6. The summed E-state index contributed by atoms with van der Waals surface area (Å²) in [6, 6.07) is 18.7. The molecule has 126 valence electrons. The lowest BCUT2D eigenvalue weighted by molar-refractivity contribution is -0.123. The summed E-state index contributed by atoms with van der Waals surface area (Å²) >= 11 is 0. The third-order valence-electron chi connectivity index (χ3n) is 4.11. The Balaban J connectivity index is 1.43. The lowest BCUT2D eigenvalue weighted by Gasteiger charge is -2.23. The van der Waals surface area contributed by atoms with Gasteiger partial charge >= 0.3 is 0 Å². The van der Waals surface area contributed by atoms with Gasteiger partial charge in [0.05, 0.1) is 25.9 Å². The predicted octanol–water partition coefficient (Wildman–Crippen LogP) is 2.82. The molecule has 1 saturated heterocycles. The van der Waals surface area contributed by atoms with Gasteiger partial charge < -0.3 is 14.8 Å². The molecule has 1 N–H and O–H groups in total. The van der Waals surface area contributed by atoms with Crippen molar-refractivity contribution in [1.82, 2.24) is 5.32 Å². The zero-order chi connectivity index (χ0) is 16.6. The van der Waals surface area contributed by atoms with Crippen molar-refractivity contribution in [3.8, 4) is 11.1 Å². The SMILES string of the molecule is O=C(CCc1ccc(-c2ccccc2)cc1)NC[C@H]1COCCO1. The van der Waals surface area contributed by atoms with Crippen molar-refractivity contribution in [2.75, 3.05) is 26.4 Å². The molecule has 1 amide bonds. The van der Waals surface area contributed by atoms with Crippen LogP contribution in [0.2, 0.25) is 0 Å². The highest BCUT2D eigenvalue weighted by Gasteiger charge is 2.15. The van der Waals surface area contributed by atoms with Gasteiger partial charge in [-0.1, -0.05) is 54.6 Å². The molecule has 3 rings (SSSR count). The molecule has 1 atom stereocenters. The molecule has 2 aromatic carbocycles. The number of carbonyl (C=O) groups excluding carboxylic acids is 1. The van der Waals surface area contributed by atoms with Gasteiger partial charge in [-0.05, 0) is 23.1 Å². The second-order valence-electron chi connectivity index (χ2n) is 5.93. The smallest absolute Gasteiger partial charge is 0.220 e. The average molecular weight is 325 g/mol. The fourth-order valence-corrected chi connectivity index (χ4v) is 2.72. The molecule has 0 aliphatic carbocycles. The predicted molar refractivity (Wildman–Crippen MR) is 93.8 cm³/mol. The minimum atomic E-state index is -0.0205. The van der Waals surface area contributed by atoms with E-state index in [1.165, 1.54) is 16.7 Å². The third-order valence-corrected chi connectivity index (χ3v) is 4.11. The molecule has 2 aromatic rings. The van der Waals surface area contributed by atoms with E-state index < -0.39 is 0 Å². The molecule has 1 aliphatic heterocycles. The molecule has 0 aromatic heterocycles. The highest BCUT2D eigenvalue weighted by molar-refractivity contribution is 5.76. The summed E-state index contributed by atoms with van der Waals surface area (Å²) in [7, 11) is 0. The summed E-state index contributed by atoms with van der Waals surface area (Å²) in [5.41, 5.74) is 3.57. The highest BCUT2D eigenvalue weighted by Crippen LogP contribution is 2.19. The van der Waals surface area contributed by atoms with E-state index in [2.05, 4.69) is 41.7 Å². The standard InChI is InChI=1S/C20H23NO3/c22-20(21-14-19-15-23-12-13-24-19)11-8-16-6-9-18(10-7-16)17-4-2-1-3-5-17/h1-7,9-10,19H,8,11-15H2,(H,21,22)/t19-/m0/s1. The third kappa shape index (κ3) is 4.91. The van der Waals surface area contributed by atoms with Gasteiger partial charge in [0.1, 0.15) is 0 Å². The normalized spacial score (nSPS) is 17.4. The molecule has 1 aliphatic rings. The van der Waals surface area contributed by atoms with Crippen LogP contribution in [0.3, 0.4) is 0 Å². The first-order valence-electron chi connectivity index (χ1n) is 8.42. The maximum absolute atomic E-state index is 11.9. The van der Waals surface area contributed by atoms with Gasteiger partial charge in [0.25, 0.3) is 0 Å². The van der Waals surface area contributed by atoms with Crippen LogP contribution >= 0.6 is 0 Å². The number of hydrogen-bond donors (Lipinski definition) is 1. The number of ether oxygens (including phenoxy) is 2. The Morgan fingerprint density at radius 1 is 1.00 bits per heavy atom. The summed E-state index contributed by atoms with van der Waals surface area (Å²) < 4.78 is 10.8. The van der Waals surface area contributed by atoms with Crippen molar-refractivity contribution >= 4 is 5.91 Å². The second kappa shape index (κ2) is 8.62. The number of nitrogens with one attached hydrogen (secondary N) is 1. The lowest BCUT2D eigenvalue weighted by Crippen LogP contribution is -2.39. The maximum atomic E-state index is 11.9. The van der Waals surface area contributed by atoms with E-state index in [0.717, 1.165) is 6.42 Å². The van der Waals surface area contributed by atoms with Gasteiger partial charge in [-0.15, -0.1) is 0 Å². The van der Waals surface area contributed by atoms with E-state index in [1.54, 1.807) is 0 Å². The molecule has 0 bridgehead atoms. The summed E-state index contributed by atoms with van der Waals surface area (Å²) in [5.74, 6) is 0.0521. The Morgan fingerprint density at radius 3 is 2.46 bits per heavy atom. The largest absolute Gasteiger partial charge is 0.376 e.